The van der Waals surface area contributed by atoms with Crippen LogP contribution < -0.4 is 5.32 Å². The number of amides is 2. The van der Waals surface area contributed by atoms with Gasteiger partial charge in [0.25, 0.3) is 5.91 Å². The molecule has 160 valence electrons. The van der Waals surface area contributed by atoms with Crippen molar-refractivity contribution in [3.05, 3.63) is 93.5 Å². The molecule has 32 heavy (non-hydrogen) atoms. The van der Waals surface area contributed by atoms with Crippen LogP contribution in [0.15, 0.2) is 71.2 Å². The lowest BCUT2D eigenvalue weighted by Crippen LogP contribution is -2.44. The van der Waals surface area contributed by atoms with Crippen molar-refractivity contribution in [2.24, 2.45) is 0 Å². The predicted molar refractivity (Wildman–Crippen MR) is 121 cm³/mol. The average Bonchev–Trinajstić information content (AvgIpc) is 3.25. The van der Waals surface area contributed by atoms with Crippen molar-refractivity contribution in [3.63, 3.8) is 0 Å². The van der Waals surface area contributed by atoms with E-state index in [-0.39, 0.29) is 18.4 Å². The molecule has 1 aliphatic heterocycles. The van der Waals surface area contributed by atoms with Crippen molar-refractivity contribution in [3.8, 4) is 0 Å². The highest BCUT2D eigenvalue weighted by atomic mass is 79.9. The fourth-order valence-electron chi connectivity index (χ4n) is 4.11. The quantitative estimate of drug-likeness (QED) is 0.339. The summed E-state index contributed by atoms with van der Waals surface area (Å²) in [6.45, 7) is 0.191. The second-order valence-corrected chi connectivity index (χ2v) is 8.40. The molecule has 2 heterocycles. The molecule has 3 aromatic carbocycles. The Morgan fingerprint density at radius 2 is 1.94 bits per heavy atom. The fourth-order valence-corrected chi connectivity index (χ4v) is 4.56. The molecule has 0 fully saturated rings. The number of nitrogens with one attached hydrogen (secondary N) is 2. The van der Waals surface area contributed by atoms with Crippen LogP contribution in [0.1, 0.15) is 27.0 Å². The third kappa shape index (κ3) is 3.22. The Morgan fingerprint density at radius 3 is 2.72 bits per heavy atom. The van der Waals surface area contributed by atoms with Crippen LogP contribution in [-0.2, 0) is 12.3 Å². The van der Waals surface area contributed by atoms with E-state index in [1.54, 1.807) is 42.5 Å². The van der Waals surface area contributed by atoms with E-state index in [1.165, 1.54) is 4.90 Å². The number of carbonyl (C=O) groups excluding carboxylic acids is 1. The summed E-state index contributed by atoms with van der Waals surface area (Å²) < 4.78 is 0.875. The van der Waals surface area contributed by atoms with Crippen molar-refractivity contribution in [1.29, 1.82) is 0 Å². The summed E-state index contributed by atoms with van der Waals surface area (Å²) in [7, 11) is 0. The lowest BCUT2D eigenvalue weighted by molar-refractivity contribution is -0.0542. The maximum Gasteiger partial charge on any atom is 0.411 e. The minimum absolute atomic E-state index is 0.0746. The normalized spacial score (nSPS) is 17.6. The van der Waals surface area contributed by atoms with Crippen LogP contribution in [0.5, 0.6) is 0 Å². The molecule has 0 saturated heterocycles. The molecule has 0 bridgehead atoms. The highest BCUT2D eigenvalue weighted by Crippen LogP contribution is 2.43. The molecular weight excluding hydrogens is 476 g/mol. The molecule has 1 aliphatic rings. The summed E-state index contributed by atoms with van der Waals surface area (Å²) >= 11 is 3.45. The van der Waals surface area contributed by atoms with Gasteiger partial charge in [0, 0.05) is 27.7 Å². The van der Waals surface area contributed by atoms with Gasteiger partial charge in [-0.25, -0.2) is 9.78 Å². The average molecular weight is 493 g/mol. The first-order valence-corrected chi connectivity index (χ1v) is 10.5. The molecule has 9 heteroatoms. The zero-order chi connectivity index (χ0) is 22.5. The van der Waals surface area contributed by atoms with Crippen LogP contribution in [0.4, 0.5) is 10.7 Å². The van der Waals surface area contributed by atoms with Gasteiger partial charge in [0.2, 0.25) is 5.95 Å². The Bertz CT molecular complexity index is 1390. The number of aromatic amines is 1. The number of anilines is 1. The molecule has 1 unspecified atom stereocenters. The van der Waals surface area contributed by atoms with Crippen LogP contribution in [0.3, 0.4) is 0 Å². The van der Waals surface area contributed by atoms with Crippen molar-refractivity contribution in [2.75, 3.05) is 5.32 Å². The SMILES string of the molecule is O=C(O)Nc1nc2ccc(C3(O)c4ccccc4C(=O)N3Cc3cccc(Br)c3)cc2[nH]1. The smallest absolute Gasteiger partial charge is 0.411 e. The number of aliphatic hydroxyl groups is 1. The number of H-pyrrole nitrogens is 1. The number of carbonyl (C=O) groups is 2. The van der Waals surface area contributed by atoms with E-state index >= 15 is 0 Å². The second kappa shape index (κ2) is 7.47. The van der Waals surface area contributed by atoms with Gasteiger partial charge in [-0.3, -0.25) is 15.0 Å². The van der Waals surface area contributed by atoms with Crippen molar-refractivity contribution < 1.29 is 19.8 Å². The molecule has 1 atom stereocenters. The molecule has 8 nitrogen and oxygen atoms in total. The maximum absolute atomic E-state index is 13.3. The number of fused-ring (bicyclic) bond motifs is 2. The number of aromatic nitrogens is 2. The number of carboxylic acid groups (broad SMARTS) is 1. The van der Waals surface area contributed by atoms with Gasteiger partial charge in [0.15, 0.2) is 5.72 Å². The van der Waals surface area contributed by atoms with Gasteiger partial charge in [-0.1, -0.05) is 52.3 Å². The molecule has 4 N–H and O–H groups in total. The number of halogens is 1. The van der Waals surface area contributed by atoms with E-state index in [1.807, 2.05) is 24.3 Å². The monoisotopic (exact) mass is 492 g/mol. The summed E-state index contributed by atoms with van der Waals surface area (Å²) in [6.07, 6.45) is -1.24. The van der Waals surface area contributed by atoms with Gasteiger partial charge in [-0.2, -0.15) is 0 Å². The summed E-state index contributed by atoms with van der Waals surface area (Å²) in [5.41, 5.74) is 1.58. The van der Waals surface area contributed by atoms with Crippen molar-refractivity contribution in [1.82, 2.24) is 14.9 Å². The van der Waals surface area contributed by atoms with Crippen LogP contribution in [-0.4, -0.2) is 37.1 Å². The molecule has 0 aliphatic carbocycles. The van der Waals surface area contributed by atoms with E-state index in [4.69, 9.17) is 5.11 Å². The molecule has 0 spiro atoms. The Kier molecular flexibility index (Phi) is 4.72. The van der Waals surface area contributed by atoms with Crippen molar-refractivity contribution >= 4 is 44.9 Å². The number of imidazole rings is 1. The van der Waals surface area contributed by atoms with Crippen LogP contribution in [0.25, 0.3) is 11.0 Å². The van der Waals surface area contributed by atoms with Gasteiger partial charge in [0.05, 0.1) is 11.0 Å². The van der Waals surface area contributed by atoms with E-state index in [0.29, 0.717) is 27.7 Å². The number of benzene rings is 3. The van der Waals surface area contributed by atoms with Gasteiger partial charge in [-0.05, 0) is 35.9 Å². The first-order chi connectivity index (χ1) is 15.4. The Morgan fingerprint density at radius 1 is 1.12 bits per heavy atom. The number of hydrogen-bond donors (Lipinski definition) is 4. The molecule has 5 rings (SSSR count). The predicted octanol–water partition coefficient (Wildman–Crippen LogP) is 4.26. The number of nitrogens with zero attached hydrogens (tertiary/aromatic N) is 2. The van der Waals surface area contributed by atoms with Gasteiger partial charge in [0.1, 0.15) is 0 Å². The standard InChI is InChI=1S/C23H17BrN4O4/c24-15-5-3-4-13(10-15)12-28-20(29)16-6-1-2-7-17(16)23(28,32)14-8-9-18-19(11-14)26-21(25-18)27-22(30)31/h1-11,32H,12H2,(H,30,31)(H2,25,26,27). The van der Waals surface area contributed by atoms with Crippen LogP contribution >= 0.6 is 15.9 Å². The summed E-state index contributed by atoms with van der Waals surface area (Å²) in [5, 5.41) is 23.2. The molecule has 4 aromatic rings. The Hall–Kier alpha value is -3.69. The first kappa shape index (κ1) is 20.2. The largest absolute Gasteiger partial charge is 0.465 e. The topological polar surface area (TPSA) is 119 Å². The lowest BCUT2D eigenvalue weighted by Gasteiger charge is -2.35. The minimum Gasteiger partial charge on any atom is -0.465 e. The highest BCUT2D eigenvalue weighted by molar-refractivity contribution is 9.10. The third-order valence-electron chi connectivity index (χ3n) is 5.51. The first-order valence-electron chi connectivity index (χ1n) is 9.75. The molecule has 0 saturated carbocycles. The molecule has 1 aromatic heterocycles. The summed E-state index contributed by atoms with van der Waals surface area (Å²) in [6, 6.07) is 19.6. The van der Waals surface area contributed by atoms with Gasteiger partial charge < -0.3 is 15.2 Å². The Labute approximate surface area is 190 Å². The van der Waals surface area contributed by atoms with Crippen LogP contribution in [0.2, 0.25) is 0 Å². The van der Waals surface area contributed by atoms with Crippen LogP contribution in [0, 0.1) is 0 Å². The summed E-state index contributed by atoms with van der Waals surface area (Å²) in [5.74, 6) is -0.202. The highest BCUT2D eigenvalue weighted by Gasteiger charge is 2.49. The minimum atomic E-state index is -1.71. The lowest BCUT2D eigenvalue weighted by atomic mass is 9.93. The van der Waals surface area contributed by atoms with Gasteiger partial charge >= 0.3 is 6.09 Å². The maximum atomic E-state index is 13.3. The second-order valence-electron chi connectivity index (χ2n) is 7.49. The van der Waals surface area contributed by atoms with E-state index < -0.39 is 11.8 Å². The zero-order valence-corrected chi connectivity index (χ0v) is 18.1. The fraction of sp³-hybridized carbons (Fsp3) is 0.0870. The third-order valence-corrected chi connectivity index (χ3v) is 6.00. The Balaban J connectivity index is 1.64. The number of hydrogen-bond acceptors (Lipinski definition) is 4. The number of rotatable bonds is 4. The van der Waals surface area contributed by atoms with Gasteiger partial charge in [-0.15, -0.1) is 0 Å². The molecular formula is C23H17BrN4O4. The van der Waals surface area contributed by atoms with E-state index in [9.17, 15) is 14.7 Å². The van der Waals surface area contributed by atoms with E-state index in [2.05, 4.69) is 31.2 Å². The zero-order valence-electron chi connectivity index (χ0n) is 16.5. The molecule has 2 amide bonds. The van der Waals surface area contributed by atoms with Crippen molar-refractivity contribution in [2.45, 2.75) is 12.3 Å². The van der Waals surface area contributed by atoms with E-state index in [0.717, 1.165) is 10.0 Å². The molecule has 0 radical (unpaired) electrons. The summed E-state index contributed by atoms with van der Waals surface area (Å²) in [4.78, 5) is 32.8.